The molecule has 27 heavy (non-hydrogen) atoms. The van der Waals surface area contributed by atoms with E-state index in [0.717, 1.165) is 22.3 Å². The van der Waals surface area contributed by atoms with Crippen LogP contribution in [0.5, 0.6) is 0 Å². The highest BCUT2D eigenvalue weighted by molar-refractivity contribution is 7.89. The molecule has 5 heteroatoms. The monoisotopic (exact) mass is 391 g/mol. The molecule has 0 aliphatic heterocycles. The normalized spacial score (nSPS) is 12.4. The Hall–Kier alpha value is -1.72. The summed E-state index contributed by atoms with van der Waals surface area (Å²) >= 11 is 0. The second kappa shape index (κ2) is 8.53. The summed E-state index contributed by atoms with van der Waals surface area (Å²) in [4.78, 5) is 0.388. The fraction of sp³-hybridized carbons (Fsp3) is 0.455. The second-order valence-corrected chi connectivity index (χ2v) is 9.65. The summed E-state index contributed by atoms with van der Waals surface area (Å²) in [7, 11) is -3.71. The van der Waals surface area contributed by atoms with E-state index in [-0.39, 0.29) is 24.2 Å². The molecule has 0 aromatic heterocycles. The van der Waals surface area contributed by atoms with Crippen molar-refractivity contribution in [3.8, 4) is 0 Å². The highest BCUT2D eigenvalue weighted by Gasteiger charge is 2.26. The first-order valence-electron chi connectivity index (χ1n) is 9.44. The lowest BCUT2D eigenvalue weighted by Gasteiger charge is -2.23. The molecule has 0 amide bonds. The first kappa shape index (κ1) is 21.6. The van der Waals surface area contributed by atoms with Crippen LogP contribution in [0.3, 0.4) is 0 Å². The maximum Gasteiger partial charge on any atom is 0.241 e. The number of hydrogen-bond acceptors (Lipinski definition) is 2. The highest BCUT2D eigenvalue weighted by Crippen LogP contribution is 2.35. The Kier molecular flexibility index (Phi) is 6.82. The third kappa shape index (κ3) is 5.17. The fourth-order valence-electron chi connectivity index (χ4n) is 3.05. The minimum Gasteiger partial charge on any atom is -0.207 e. The predicted octanol–water partition coefficient (Wildman–Crippen LogP) is 5.67. The zero-order valence-electron chi connectivity index (χ0n) is 17.0. The van der Waals surface area contributed by atoms with Crippen molar-refractivity contribution < 1.29 is 12.8 Å². The Labute approximate surface area is 163 Å². The molecule has 0 aliphatic carbocycles. The van der Waals surface area contributed by atoms with Crippen molar-refractivity contribution in [2.24, 2.45) is 0 Å². The molecule has 2 aromatic rings. The maximum atomic E-state index is 13.2. The van der Waals surface area contributed by atoms with Crippen LogP contribution in [0.4, 0.5) is 4.39 Å². The number of halogens is 1. The lowest BCUT2D eigenvalue weighted by molar-refractivity contribution is 0.575. The van der Waals surface area contributed by atoms with E-state index in [0.29, 0.717) is 10.8 Å². The van der Waals surface area contributed by atoms with Gasteiger partial charge in [0.15, 0.2) is 0 Å². The largest absolute Gasteiger partial charge is 0.241 e. The molecule has 0 saturated heterocycles. The van der Waals surface area contributed by atoms with Crippen LogP contribution < -0.4 is 4.72 Å². The van der Waals surface area contributed by atoms with Gasteiger partial charge >= 0.3 is 0 Å². The van der Waals surface area contributed by atoms with Crippen LogP contribution in [0.15, 0.2) is 41.3 Å². The number of benzene rings is 2. The van der Waals surface area contributed by atoms with Gasteiger partial charge in [-0.05, 0) is 52.1 Å². The number of nitrogens with one attached hydrogen (secondary N) is 1. The van der Waals surface area contributed by atoms with Gasteiger partial charge in [-0.3, -0.25) is 0 Å². The van der Waals surface area contributed by atoms with Crippen molar-refractivity contribution in [2.45, 2.75) is 70.7 Å². The van der Waals surface area contributed by atoms with E-state index in [1.165, 1.54) is 12.1 Å². The molecule has 0 fully saturated rings. The lowest BCUT2D eigenvalue weighted by atomic mass is 9.89. The summed E-state index contributed by atoms with van der Waals surface area (Å²) in [6, 6.07) is 9.89. The quantitative estimate of drug-likeness (QED) is 0.660. The molecule has 0 radical (unpaired) electrons. The molecule has 0 bridgehead atoms. The molecule has 2 rings (SSSR count). The molecule has 0 heterocycles. The van der Waals surface area contributed by atoms with Crippen LogP contribution in [-0.4, -0.2) is 8.42 Å². The molecule has 0 saturated carbocycles. The molecular formula is C22H30FNO2S. The fourth-order valence-corrected chi connectivity index (χ4v) is 4.76. The minimum absolute atomic E-state index is 0.0820. The first-order chi connectivity index (χ1) is 12.5. The van der Waals surface area contributed by atoms with Crippen LogP contribution in [0.25, 0.3) is 0 Å². The lowest BCUT2D eigenvalue weighted by Crippen LogP contribution is -2.26. The third-order valence-electron chi connectivity index (χ3n) is 4.73. The zero-order chi connectivity index (χ0) is 20.4. The summed E-state index contributed by atoms with van der Waals surface area (Å²) in [5.74, 6) is 0.149. The van der Waals surface area contributed by atoms with Gasteiger partial charge in [0.2, 0.25) is 10.0 Å². The Balaban J connectivity index is 2.51. The van der Waals surface area contributed by atoms with Gasteiger partial charge in [0.25, 0.3) is 0 Å². The van der Waals surface area contributed by atoms with Crippen LogP contribution in [-0.2, 0) is 16.6 Å². The van der Waals surface area contributed by atoms with Gasteiger partial charge in [-0.15, -0.1) is 0 Å². The molecule has 0 atom stereocenters. The van der Waals surface area contributed by atoms with Gasteiger partial charge in [0.05, 0.1) is 4.90 Å². The molecule has 1 N–H and O–H groups in total. The summed E-state index contributed by atoms with van der Waals surface area (Å²) in [6.07, 6.45) is 0. The summed E-state index contributed by atoms with van der Waals surface area (Å²) in [6.45, 7) is 12.4. The number of sulfonamides is 1. The Bertz CT molecular complexity index is 856. The molecular weight excluding hydrogens is 361 g/mol. The topological polar surface area (TPSA) is 46.2 Å². The average molecular weight is 392 g/mol. The van der Waals surface area contributed by atoms with E-state index in [1.807, 2.05) is 39.8 Å². The van der Waals surface area contributed by atoms with Crippen molar-refractivity contribution in [3.63, 3.8) is 0 Å². The summed E-state index contributed by atoms with van der Waals surface area (Å²) < 4.78 is 42.2. The smallest absolute Gasteiger partial charge is 0.207 e. The minimum atomic E-state index is -3.71. The van der Waals surface area contributed by atoms with Gasteiger partial charge < -0.3 is 0 Å². The SMILES string of the molecule is CC(C)c1cc(C(C)C)c(S(=O)(=O)NCc2ccc(F)cc2)c(C(C)C)c1. The Morgan fingerprint density at radius 1 is 0.852 bits per heavy atom. The van der Waals surface area contributed by atoms with Gasteiger partial charge in [-0.1, -0.05) is 65.8 Å². The maximum absolute atomic E-state index is 13.2. The Morgan fingerprint density at radius 2 is 1.33 bits per heavy atom. The predicted molar refractivity (Wildman–Crippen MR) is 109 cm³/mol. The van der Waals surface area contributed by atoms with Crippen LogP contribution in [0.1, 0.15) is 81.5 Å². The summed E-state index contributed by atoms with van der Waals surface area (Å²) in [5, 5.41) is 0. The van der Waals surface area contributed by atoms with Crippen molar-refractivity contribution in [1.82, 2.24) is 4.72 Å². The van der Waals surface area contributed by atoms with Crippen LogP contribution in [0.2, 0.25) is 0 Å². The van der Waals surface area contributed by atoms with Crippen molar-refractivity contribution >= 4 is 10.0 Å². The molecule has 2 aromatic carbocycles. The zero-order valence-corrected chi connectivity index (χ0v) is 17.8. The molecule has 0 unspecified atom stereocenters. The van der Waals surface area contributed by atoms with Crippen molar-refractivity contribution in [3.05, 3.63) is 64.5 Å². The van der Waals surface area contributed by atoms with E-state index >= 15 is 0 Å². The van der Waals surface area contributed by atoms with Crippen LogP contribution in [0, 0.1) is 5.82 Å². The average Bonchev–Trinajstić information content (AvgIpc) is 2.59. The van der Waals surface area contributed by atoms with E-state index in [1.54, 1.807) is 12.1 Å². The van der Waals surface area contributed by atoms with Crippen molar-refractivity contribution in [2.75, 3.05) is 0 Å². The Morgan fingerprint density at radius 3 is 1.74 bits per heavy atom. The van der Waals surface area contributed by atoms with Gasteiger partial charge in [0.1, 0.15) is 5.82 Å². The first-order valence-corrected chi connectivity index (χ1v) is 10.9. The highest BCUT2D eigenvalue weighted by atomic mass is 32.2. The molecule has 0 spiro atoms. The van der Waals surface area contributed by atoms with Gasteiger partial charge in [-0.2, -0.15) is 0 Å². The van der Waals surface area contributed by atoms with Gasteiger partial charge in [-0.25, -0.2) is 17.5 Å². The number of hydrogen-bond donors (Lipinski definition) is 1. The second-order valence-electron chi connectivity index (χ2n) is 7.94. The third-order valence-corrected chi connectivity index (χ3v) is 6.26. The van der Waals surface area contributed by atoms with E-state index < -0.39 is 10.0 Å². The molecule has 3 nitrogen and oxygen atoms in total. The molecule has 0 aliphatic rings. The van der Waals surface area contributed by atoms with E-state index in [4.69, 9.17) is 0 Å². The number of rotatable bonds is 7. The van der Waals surface area contributed by atoms with Gasteiger partial charge in [0, 0.05) is 6.54 Å². The standard InChI is InChI=1S/C22H30FNO2S/c1-14(2)18-11-20(15(3)4)22(21(12-18)16(5)6)27(25,26)24-13-17-7-9-19(23)10-8-17/h7-12,14-16,24H,13H2,1-6H3. The molecule has 148 valence electrons. The summed E-state index contributed by atoms with van der Waals surface area (Å²) in [5.41, 5.74) is 3.56. The van der Waals surface area contributed by atoms with E-state index in [9.17, 15) is 12.8 Å². The van der Waals surface area contributed by atoms with Crippen LogP contribution >= 0.6 is 0 Å². The van der Waals surface area contributed by atoms with Crippen molar-refractivity contribution in [1.29, 1.82) is 0 Å². The van der Waals surface area contributed by atoms with E-state index in [2.05, 4.69) is 18.6 Å².